The normalized spacial score (nSPS) is 11.1. The third-order valence-electron chi connectivity index (χ3n) is 2.90. The van der Waals surface area contributed by atoms with Crippen LogP contribution in [0.25, 0.3) is 0 Å². The number of anilines is 1. The van der Waals surface area contributed by atoms with Crippen molar-refractivity contribution >= 4 is 11.7 Å². The lowest BCUT2D eigenvalue weighted by Crippen LogP contribution is -2.33. The van der Waals surface area contributed by atoms with Crippen LogP contribution in [0, 0.1) is 0 Å². The van der Waals surface area contributed by atoms with Crippen LogP contribution in [0.3, 0.4) is 0 Å². The summed E-state index contributed by atoms with van der Waals surface area (Å²) in [4.78, 5) is 26.8. The first kappa shape index (κ1) is 16.5. The van der Waals surface area contributed by atoms with Crippen molar-refractivity contribution in [3.8, 4) is 0 Å². The first-order valence-electron chi connectivity index (χ1n) is 6.59. The number of urea groups is 1. The molecule has 0 aliphatic heterocycles. The molecular formula is C14H13F3N4O2. The van der Waals surface area contributed by atoms with Gasteiger partial charge in [-0.3, -0.25) is 9.36 Å². The summed E-state index contributed by atoms with van der Waals surface area (Å²) in [6, 6.07) is 4.79. The molecule has 0 unspecified atom stereocenters. The molecule has 0 aliphatic rings. The molecule has 2 amide bonds. The SMILES string of the molecule is O=C(NCCn1cnccc1=O)Nc1ccc(C(F)(F)F)cc1. The number of nitrogens with zero attached hydrogens (tertiary/aromatic N) is 2. The number of rotatable bonds is 4. The first-order chi connectivity index (χ1) is 10.9. The molecule has 1 heterocycles. The number of nitrogens with one attached hydrogen (secondary N) is 2. The van der Waals surface area contributed by atoms with Crippen molar-refractivity contribution in [1.82, 2.24) is 14.9 Å². The van der Waals surface area contributed by atoms with Gasteiger partial charge in [-0.15, -0.1) is 0 Å². The molecule has 0 saturated heterocycles. The van der Waals surface area contributed by atoms with E-state index in [1.165, 1.54) is 23.2 Å². The van der Waals surface area contributed by atoms with Gasteiger partial charge in [-0.1, -0.05) is 0 Å². The summed E-state index contributed by atoms with van der Waals surface area (Å²) in [5.41, 5.74) is -0.807. The number of hydrogen-bond donors (Lipinski definition) is 2. The molecule has 6 nitrogen and oxygen atoms in total. The molecule has 2 aromatic rings. The average molecular weight is 326 g/mol. The Hall–Kier alpha value is -2.84. The number of amides is 2. The number of carbonyl (C=O) groups excluding carboxylic acids is 1. The lowest BCUT2D eigenvalue weighted by molar-refractivity contribution is -0.137. The average Bonchev–Trinajstić information content (AvgIpc) is 2.49. The molecule has 0 bridgehead atoms. The number of hydrogen-bond acceptors (Lipinski definition) is 3. The summed E-state index contributed by atoms with van der Waals surface area (Å²) in [5.74, 6) is 0. The van der Waals surface area contributed by atoms with Gasteiger partial charge in [0, 0.05) is 31.0 Å². The smallest absolute Gasteiger partial charge is 0.336 e. The van der Waals surface area contributed by atoms with Crippen LogP contribution < -0.4 is 16.2 Å². The highest BCUT2D eigenvalue weighted by atomic mass is 19.4. The lowest BCUT2D eigenvalue weighted by atomic mass is 10.2. The third-order valence-corrected chi connectivity index (χ3v) is 2.90. The van der Waals surface area contributed by atoms with E-state index in [2.05, 4.69) is 15.6 Å². The van der Waals surface area contributed by atoms with Crippen molar-refractivity contribution in [2.75, 3.05) is 11.9 Å². The van der Waals surface area contributed by atoms with E-state index in [0.717, 1.165) is 24.3 Å². The lowest BCUT2D eigenvalue weighted by Gasteiger charge is -2.10. The summed E-state index contributed by atoms with van der Waals surface area (Å²) < 4.78 is 38.5. The van der Waals surface area contributed by atoms with Crippen molar-refractivity contribution in [2.45, 2.75) is 12.7 Å². The van der Waals surface area contributed by atoms with E-state index in [0.29, 0.717) is 0 Å². The molecule has 1 aromatic heterocycles. The molecule has 0 aliphatic carbocycles. The molecule has 9 heteroatoms. The van der Waals surface area contributed by atoms with Gasteiger partial charge in [0.1, 0.15) is 0 Å². The summed E-state index contributed by atoms with van der Waals surface area (Å²) in [7, 11) is 0. The van der Waals surface area contributed by atoms with Gasteiger partial charge in [-0.2, -0.15) is 13.2 Å². The van der Waals surface area contributed by atoms with Crippen molar-refractivity contribution in [2.24, 2.45) is 0 Å². The highest BCUT2D eigenvalue weighted by molar-refractivity contribution is 5.89. The first-order valence-corrected chi connectivity index (χ1v) is 6.59. The van der Waals surface area contributed by atoms with Crippen LogP contribution in [0.2, 0.25) is 0 Å². The Morgan fingerprint density at radius 3 is 2.48 bits per heavy atom. The van der Waals surface area contributed by atoms with Gasteiger partial charge >= 0.3 is 12.2 Å². The standard InChI is InChI=1S/C14H13F3N4O2/c15-14(16,17)10-1-3-11(4-2-10)20-13(23)19-7-8-21-9-18-6-5-12(21)22/h1-6,9H,7-8H2,(H2,19,20,23). The minimum absolute atomic E-state index is 0.165. The van der Waals surface area contributed by atoms with Crippen LogP contribution in [-0.2, 0) is 12.7 Å². The van der Waals surface area contributed by atoms with Gasteiger partial charge in [0.25, 0.3) is 5.56 Å². The Kier molecular flexibility index (Phi) is 4.99. The molecule has 23 heavy (non-hydrogen) atoms. The van der Waals surface area contributed by atoms with Crippen molar-refractivity contribution in [3.63, 3.8) is 0 Å². The predicted molar refractivity (Wildman–Crippen MR) is 77.0 cm³/mol. The van der Waals surface area contributed by atoms with E-state index >= 15 is 0 Å². The molecule has 0 atom stereocenters. The van der Waals surface area contributed by atoms with Gasteiger partial charge in [-0.05, 0) is 24.3 Å². The number of halogens is 3. The van der Waals surface area contributed by atoms with Gasteiger partial charge in [0.05, 0.1) is 11.9 Å². The molecule has 122 valence electrons. The maximum atomic E-state index is 12.4. The van der Waals surface area contributed by atoms with Crippen LogP contribution in [0.1, 0.15) is 5.56 Å². The minimum atomic E-state index is -4.42. The third kappa shape index (κ3) is 4.83. The molecule has 0 saturated carbocycles. The fraction of sp³-hybridized carbons (Fsp3) is 0.214. The van der Waals surface area contributed by atoms with Gasteiger partial charge < -0.3 is 10.6 Å². The fourth-order valence-electron chi connectivity index (χ4n) is 1.75. The van der Waals surface area contributed by atoms with E-state index in [4.69, 9.17) is 0 Å². The Morgan fingerprint density at radius 1 is 1.17 bits per heavy atom. The Bertz CT molecular complexity index is 726. The van der Waals surface area contributed by atoms with E-state index in [-0.39, 0.29) is 24.3 Å². The molecule has 0 radical (unpaired) electrons. The molecule has 2 N–H and O–H groups in total. The molecule has 0 fully saturated rings. The molecule has 1 aromatic carbocycles. The second kappa shape index (κ2) is 6.95. The molecule has 0 spiro atoms. The summed E-state index contributed by atoms with van der Waals surface area (Å²) in [6.07, 6.45) is -1.71. The highest BCUT2D eigenvalue weighted by Crippen LogP contribution is 2.29. The number of carbonyl (C=O) groups is 1. The predicted octanol–water partition coefficient (Wildman–Crippen LogP) is 2.08. The van der Waals surface area contributed by atoms with Gasteiger partial charge in [0.15, 0.2) is 0 Å². The monoisotopic (exact) mass is 326 g/mol. The van der Waals surface area contributed by atoms with E-state index in [1.807, 2.05) is 0 Å². The second-order valence-corrected chi connectivity index (χ2v) is 4.57. The Labute approximate surface area is 129 Å². The number of benzene rings is 1. The van der Waals surface area contributed by atoms with Crippen LogP contribution >= 0.6 is 0 Å². The largest absolute Gasteiger partial charge is 0.416 e. The Morgan fingerprint density at radius 2 is 1.87 bits per heavy atom. The minimum Gasteiger partial charge on any atom is -0.336 e. The van der Waals surface area contributed by atoms with E-state index < -0.39 is 17.8 Å². The zero-order chi connectivity index (χ0) is 16.9. The fourth-order valence-corrected chi connectivity index (χ4v) is 1.75. The van der Waals surface area contributed by atoms with E-state index in [9.17, 15) is 22.8 Å². The van der Waals surface area contributed by atoms with E-state index in [1.54, 1.807) is 0 Å². The van der Waals surface area contributed by atoms with Gasteiger partial charge in [-0.25, -0.2) is 9.78 Å². The van der Waals surface area contributed by atoms with Crippen LogP contribution in [-0.4, -0.2) is 22.1 Å². The summed E-state index contributed by atoms with van der Waals surface area (Å²) >= 11 is 0. The van der Waals surface area contributed by atoms with Crippen LogP contribution in [0.15, 0.2) is 47.7 Å². The summed E-state index contributed by atoms with van der Waals surface area (Å²) in [6.45, 7) is 0.394. The number of aromatic nitrogens is 2. The quantitative estimate of drug-likeness (QED) is 0.903. The van der Waals surface area contributed by atoms with Crippen molar-refractivity contribution in [3.05, 3.63) is 58.8 Å². The zero-order valence-corrected chi connectivity index (χ0v) is 11.8. The topological polar surface area (TPSA) is 76.0 Å². The zero-order valence-electron chi connectivity index (χ0n) is 11.8. The van der Waals surface area contributed by atoms with Crippen LogP contribution in [0.5, 0.6) is 0 Å². The maximum Gasteiger partial charge on any atom is 0.416 e. The molecule has 2 rings (SSSR count). The molecular weight excluding hydrogens is 313 g/mol. The second-order valence-electron chi connectivity index (χ2n) is 4.57. The Balaban J connectivity index is 1.83. The van der Waals surface area contributed by atoms with Crippen molar-refractivity contribution in [1.29, 1.82) is 0 Å². The maximum absolute atomic E-state index is 12.4. The van der Waals surface area contributed by atoms with Gasteiger partial charge in [0.2, 0.25) is 0 Å². The van der Waals surface area contributed by atoms with Crippen LogP contribution in [0.4, 0.5) is 23.7 Å². The summed E-state index contributed by atoms with van der Waals surface area (Å²) in [5, 5.41) is 4.89. The van der Waals surface area contributed by atoms with Crippen molar-refractivity contribution < 1.29 is 18.0 Å². The highest BCUT2D eigenvalue weighted by Gasteiger charge is 2.29. The number of alkyl halides is 3.